The number of carboxylic acid groups (broad SMARTS) is 1. The maximum atomic E-state index is 11.3. The van der Waals surface area contributed by atoms with E-state index in [4.69, 9.17) is 9.47 Å². The van der Waals surface area contributed by atoms with E-state index in [1.165, 1.54) is 0 Å². The molecule has 1 N–H and O–H groups in total. The lowest BCUT2D eigenvalue weighted by Gasteiger charge is -2.37. The lowest BCUT2D eigenvalue weighted by atomic mass is 9.79. The van der Waals surface area contributed by atoms with Gasteiger partial charge in [0.1, 0.15) is 11.2 Å². The van der Waals surface area contributed by atoms with E-state index in [9.17, 15) is 9.90 Å². The first-order valence-corrected chi connectivity index (χ1v) is 6.11. The summed E-state index contributed by atoms with van der Waals surface area (Å²) in [5.74, 6) is 0.0794. The van der Waals surface area contributed by atoms with Crippen LogP contribution in [0.25, 0.3) is 0 Å². The molecule has 0 spiro atoms. The third-order valence-electron chi connectivity index (χ3n) is 3.29. The van der Waals surface area contributed by atoms with Crippen molar-refractivity contribution >= 4 is 5.97 Å². The molecule has 1 fully saturated rings. The highest BCUT2D eigenvalue weighted by atomic mass is 16.5. The van der Waals surface area contributed by atoms with Crippen LogP contribution in [0.5, 0.6) is 5.75 Å². The number of benzene rings is 1. The van der Waals surface area contributed by atoms with E-state index in [0.29, 0.717) is 26.2 Å². The molecule has 0 saturated carbocycles. The van der Waals surface area contributed by atoms with Crippen LogP contribution in [0.3, 0.4) is 0 Å². The van der Waals surface area contributed by atoms with Crippen molar-refractivity contribution in [2.45, 2.75) is 20.3 Å². The van der Waals surface area contributed by atoms with Gasteiger partial charge in [-0.3, -0.25) is 4.79 Å². The summed E-state index contributed by atoms with van der Waals surface area (Å²) in [6, 6.07) is 5.83. The van der Waals surface area contributed by atoms with E-state index in [2.05, 4.69) is 0 Å². The molecule has 0 bridgehead atoms. The summed E-state index contributed by atoms with van der Waals surface area (Å²) >= 11 is 0. The summed E-state index contributed by atoms with van der Waals surface area (Å²) < 4.78 is 10.5. The van der Waals surface area contributed by atoms with Crippen LogP contribution in [0.15, 0.2) is 18.2 Å². The topological polar surface area (TPSA) is 55.8 Å². The fourth-order valence-electron chi connectivity index (χ4n) is 2.18. The van der Waals surface area contributed by atoms with Crippen LogP contribution < -0.4 is 4.74 Å². The number of aryl methyl sites for hydroxylation is 1. The normalized spacial score (nSPS) is 17.0. The van der Waals surface area contributed by atoms with Crippen molar-refractivity contribution < 1.29 is 19.4 Å². The molecule has 4 heteroatoms. The second-order valence-corrected chi connectivity index (χ2v) is 4.79. The average molecular weight is 250 g/mol. The van der Waals surface area contributed by atoms with E-state index in [1.54, 1.807) is 0 Å². The van der Waals surface area contributed by atoms with Crippen LogP contribution in [-0.2, 0) is 16.0 Å². The highest BCUT2D eigenvalue weighted by molar-refractivity contribution is 5.76. The summed E-state index contributed by atoms with van der Waals surface area (Å²) in [7, 11) is 0. The molecule has 1 aliphatic rings. The Morgan fingerprint density at radius 1 is 1.50 bits per heavy atom. The van der Waals surface area contributed by atoms with Crippen LogP contribution in [0.1, 0.15) is 18.1 Å². The zero-order valence-electron chi connectivity index (χ0n) is 10.7. The molecule has 0 atom stereocenters. The van der Waals surface area contributed by atoms with E-state index < -0.39 is 11.4 Å². The standard InChI is InChI=1S/C14H18O4/c1-3-18-12-5-4-11(6-10(12)2)7-14(13(15)16)8-17-9-14/h4-6H,3,7-9H2,1-2H3,(H,15,16). The van der Waals surface area contributed by atoms with Crippen molar-refractivity contribution in [1.82, 2.24) is 0 Å². The summed E-state index contributed by atoms with van der Waals surface area (Å²) in [6.45, 7) is 5.15. The molecule has 0 unspecified atom stereocenters. The maximum Gasteiger partial charge on any atom is 0.314 e. The summed E-state index contributed by atoms with van der Waals surface area (Å²) in [5, 5.41) is 9.25. The molecule has 0 aromatic heterocycles. The largest absolute Gasteiger partial charge is 0.494 e. The van der Waals surface area contributed by atoms with Gasteiger partial charge in [-0.1, -0.05) is 12.1 Å². The molecule has 98 valence electrons. The smallest absolute Gasteiger partial charge is 0.314 e. The fourth-order valence-corrected chi connectivity index (χ4v) is 2.18. The van der Waals surface area contributed by atoms with Crippen molar-refractivity contribution in [2.24, 2.45) is 5.41 Å². The minimum atomic E-state index is -0.778. The molecule has 1 aromatic rings. The third-order valence-corrected chi connectivity index (χ3v) is 3.29. The zero-order chi connectivity index (χ0) is 13.2. The lowest BCUT2D eigenvalue weighted by molar-refractivity contribution is -0.179. The van der Waals surface area contributed by atoms with Crippen molar-refractivity contribution in [3.8, 4) is 5.75 Å². The Bertz CT molecular complexity index is 449. The monoisotopic (exact) mass is 250 g/mol. The Labute approximate surface area is 107 Å². The molecule has 1 saturated heterocycles. The highest BCUT2D eigenvalue weighted by Gasteiger charge is 2.46. The first kappa shape index (κ1) is 12.9. The van der Waals surface area contributed by atoms with Gasteiger partial charge >= 0.3 is 5.97 Å². The van der Waals surface area contributed by atoms with Crippen molar-refractivity contribution in [2.75, 3.05) is 19.8 Å². The highest BCUT2D eigenvalue weighted by Crippen LogP contribution is 2.33. The lowest BCUT2D eigenvalue weighted by Crippen LogP contribution is -2.50. The molecule has 1 heterocycles. The molecule has 4 nitrogen and oxygen atoms in total. The number of ether oxygens (including phenoxy) is 2. The van der Waals surface area contributed by atoms with Crippen molar-refractivity contribution in [3.63, 3.8) is 0 Å². The van der Waals surface area contributed by atoms with E-state index >= 15 is 0 Å². The van der Waals surface area contributed by atoms with Crippen LogP contribution in [-0.4, -0.2) is 30.9 Å². The van der Waals surface area contributed by atoms with Gasteiger partial charge in [0.05, 0.1) is 19.8 Å². The number of carboxylic acids is 1. The first-order valence-electron chi connectivity index (χ1n) is 6.11. The van der Waals surface area contributed by atoms with Gasteiger partial charge in [0.15, 0.2) is 0 Å². The predicted molar refractivity (Wildman–Crippen MR) is 66.9 cm³/mol. The van der Waals surface area contributed by atoms with E-state index in [1.807, 2.05) is 32.0 Å². The van der Waals surface area contributed by atoms with Gasteiger partial charge in [-0.25, -0.2) is 0 Å². The van der Waals surface area contributed by atoms with Gasteiger partial charge in [0.2, 0.25) is 0 Å². The fraction of sp³-hybridized carbons (Fsp3) is 0.500. The third kappa shape index (κ3) is 2.34. The summed E-state index contributed by atoms with van der Waals surface area (Å²) in [6.07, 6.45) is 0.510. The quantitative estimate of drug-likeness (QED) is 0.868. The molecular formula is C14H18O4. The molecule has 18 heavy (non-hydrogen) atoms. The van der Waals surface area contributed by atoms with Crippen LogP contribution in [0, 0.1) is 12.3 Å². The summed E-state index contributed by atoms with van der Waals surface area (Å²) in [4.78, 5) is 11.3. The van der Waals surface area contributed by atoms with Crippen LogP contribution in [0.4, 0.5) is 0 Å². The zero-order valence-corrected chi connectivity index (χ0v) is 10.7. The minimum Gasteiger partial charge on any atom is -0.494 e. The van der Waals surface area contributed by atoms with E-state index in [-0.39, 0.29) is 0 Å². The molecule has 0 aliphatic carbocycles. The number of rotatable bonds is 5. The average Bonchev–Trinajstić information content (AvgIpc) is 2.27. The molecule has 1 aromatic carbocycles. The molecule has 0 amide bonds. The van der Waals surface area contributed by atoms with Crippen molar-refractivity contribution in [3.05, 3.63) is 29.3 Å². The summed E-state index contributed by atoms with van der Waals surface area (Å²) in [5.41, 5.74) is 1.32. The van der Waals surface area contributed by atoms with Crippen LogP contribution >= 0.6 is 0 Å². The SMILES string of the molecule is CCOc1ccc(CC2(C(=O)O)COC2)cc1C. The Morgan fingerprint density at radius 2 is 2.22 bits per heavy atom. The number of aliphatic carboxylic acids is 1. The Kier molecular flexibility index (Phi) is 3.57. The van der Waals surface area contributed by atoms with Gasteiger partial charge in [-0.2, -0.15) is 0 Å². The molecule has 2 rings (SSSR count). The van der Waals surface area contributed by atoms with Gasteiger partial charge in [-0.05, 0) is 37.5 Å². The maximum absolute atomic E-state index is 11.3. The van der Waals surface area contributed by atoms with E-state index in [0.717, 1.165) is 16.9 Å². The molecule has 0 radical (unpaired) electrons. The Balaban J connectivity index is 2.15. The number of hydrogen-bond acceptors (Lipinski definition) is 3. The second kappa shape index (κ2) is 4.98. The molecular weight excluding hydrogens is 232 g/mol. The second-order valence-electron chi connectivity index (χ2n) is 4.79. The number of carbonyl (C=O) groups is 1. The number of hydrogen-bond donors (Lipinski definition) is 1. The Hall–Kier alpha value is -1.55. The molecule has 1 aliphatic heterocycles. The minimum absolute atomic E-state index is 0.300. The van der Waals surface area contributed by atoms with Crippen LogP contribution in [0.2, 0.25) is 0 Å². The van der Waals surface area contributed by atoms with Gasteiger partial charge in [0, 0.05) is 0 Å². The predicted octanol–water partition coefficient (Wildman–Crippen LogP) is 2.04. The van der Waals surface area contributed by atoms with Gasteiger partial charge < -0.3 is 14.6 Å². The first-order chi connectivity index (χ1) is 8.57. The Morgan fingerprint density at radius 3 is 2.67 bits per heavy atom. The van der Waals surface area contributed by atoms with Gasteiger partial charge in [-0.15, -0.1) is 0 Å². The van der Waals surface area contributed by atoms with Crippen molar-refractivity contribution in [1.29, 1.82) is 0 Å². The van der Waals surface area contributed by atoms with Gasteiger partial charge in [0.25, 0.3) is 0 Å².